The van der Waals surface area contributed by atoms with Gasteiger partial charge in [-0.15, -0.1) is 0 Å². The molecule has 2 N–H and O–H groups in total. The van der Waals surface area contributed by atoms with Crippen LogP contribution in [0.1, 0.15) is 16.9 Å². The molecule has 0 aliphatic heterocycles. The molecule has 21 heavy (non-hydrogen) atoms. The Labute approximate surface area is 125 Å². The first-order chi connectivity index (χ1) is 10.1. The van der Waals surface area contributed by atoms with Crippen LogP contribution in [0.4, 0.5) is 5.69 Å². The molecule has 0 saturated heterocycles. The van der Waals surface area contributed by atoms with Gasteiger partial charge < -0.3 is 15.5 Å². The number of nitrogens with zero attached hydrogens (tertiary/aromatic N) is 2. The number of hydrogen-bond acceptors (Lipinski definition) is 4. The SMILES string of the molecule is CNc1cc(C(=O)NCCCN(C)C)nc2ccccc12. The standard InChI is InChI=1S/C16H22N4O/c1-17-14-11-15(16(21)18-9-6-10-20(2)3)19-13-8-5-4-7-12(13)14/h4-5,7-8,11H,6,9-10H2,1-3H3,(H,17,19)(H,18,21). The Hall–Kier alpha value is -2.14. The second-order valence-electron chi connectivity index (χ2n) is 5.23. The van der Waals surface area contributed by atoms with Gasteiger partial charge in [-0.1, -0.05) is 18.2 Å². The van der Waals surface area contributed by atoms with E-state index in [4.69, 9.17) is 0 Å². The Balaban J connectivity index is 2.12. The van der Waals surface area contributed by atoms with E-state index in [9.17, 15) is 4.79 Å². The lowest BCUT2D eigenvalue weighted by molar-refractivity contribution is 0.0947. The third kappa shape index (κ3) is 3.92. The molecule has 0 aliphatic carbocycles. The quantitative estimate of drug-likeness (QED) is 0.797. The van der Waals surface area contributed by atoms with Crippen LogP contribution < -0.4 is 10.6 Å². The zero-order valence-corrected chi connectivity index (χ0v) is 12.8. The summed E-state index contributed by atoms with van der Waals surface area (Å²) in [7, 11) is 5.89. The summed E-state index contributed by atoms with van der Waals surface area (Å²) in [6.45, 7) is 1.60. The normalized spacial score (nSPS) is 10.9. The van der Waals surface area contributed by atoms with Crippen LogP contribution in [-0.4, -0.2) is 50.0 Å². The molecular weight excluding hydrogens is 264 g/mol. The summed E-state index contributed by atoms with van der Waals surface area (Å²) in [6.07, 6.45) is 0.922. The van der Waals surface area contributed by atoms with E-state index in [1.807, 2.05) is 45.4 Å². The molecule has 1 heterocycles. The van der Waals surface area contributed by atoms with Crippen molar-refractivity contribution in [2.75, 3.05) is 39.5 Å². The molecule has 0 spiro atoms. The van der Waals surface area contributed by atoms with Gasteiger partial charge in [-0.3, -0.25) is 4.79 Å². The molecule has 1 aromatic carbocycles. The zero-order chi connectivity index (χ0) is 15.2. The minimum atomic E-state index is -0.129. The van der Waals surface area contributed by atoms with Crippen LogP contribution in [0.3, 0.4) is 0 Å². The molecule has 0 fully saturated rings. The molecule has 0 unspecified atom stereocenters. The number of hydrogen-bond donors (Lipinski definition) is 2. The van der Waals surface area contributed by atoms with Crippen molar-refractivity contribution in [3.63, 3.8) is 0 Å². The van der Waals surface area contributed by atoms with Crippen molar-refractivity contribution in [3.8, 4) is 0 Å². The third-order valence-electron chi connectivity index (χ3n) is 3.29. The van der Waals surface area contributed by atoms with Gasteiger partial charge in [0, 0.05) is 24.7 Å². The summed E-state index contributed by atoms with van der Waals surface area (Å²) in [5.74, 6) is -0.129. The molecule has 2 rings (SSSR count). The molecule has 5 heteroatoms. The zero-order valence-electron chi connectivity index (χ0n) is 12.8. The van der Waals surface area contributed by atoms with Crippen molar-refractivity contribution in [3.05, 3.63) is 36.0 Å². The van der Waals surface area contributed by atoms with E-state index in [0.717, 1.165) is 29.6 Å². The lowest BCUT2D eigenvalue weighted by atomic mass is 10.1. The van der Waals surface area contributed by atoms with Gasteiger partial charge in [0.25, 0.3) is 5.91 Å². The molecule has 1 amide bonds. The average Bonchev–Trinajstić information content (AvgIpc) is 2.50. The Morgan fingerprint density at radius 2 is 2.05 bits per heavy atom. The van der Waals surface area contributed by atoms with E-state index >= 15 is 0 Å². The fraction of sp³-hybridized carbons (Fsp3) is 0.375. The number of aromatic nitrogens is 1. The van der Waals surface area contributed by atoms with E-state index in [2.05, 4.69) is 20.5 Å². The first-order valence-corrected chi connectivity index (χ1v) is 7.12. The number of carbonyl (C=O) groups is 1. The van der Waals surface area contributed by atoms with Crippen LogP contribution in [0.25, 0.3) is 10.9 Å². The first-order valence-electron chi connectivity index (χ1n) is 7.12. The minimum Gasteiger partial charge on any atom is -0.388 e. The van der Waals surface area contributed by atoms with Gasteiger partial charge in [0.15, 0.2) is 0 Å². The largest absolute Gasteiger partial charge is 0.388 e. The summed E-state index contributed by atoms with van der Waals surface area (Å²) in [5, 5.41) is 7.05. The van der Waals surface area contributed by atoms with Crippen LogP contribution in [0.15, 0.2) is 30.3 Å². The maximum atomic E-state index is 12.2. The van der Waals surface area contributed by atoms with E-state index < -0.39 is 0 Å². The van der Waals surface area contributed by atoms with Gasteiger partial charge in [-0.2, -0.15) is 0 Å². The third-order valence-corrected chi connectivity index (χ3v) is 3.29. The van der Waals surface area contributed by atoms with Gasteiger partial charge in [0.05, 0.1) is 5.52 Å². The Morgan fingerprint density at radius 1 is 1.29 bits per heavy atom. The molecule has 0 bridgehead atoms. The highest BCUT2D eigenvalue weighted by Gasteiger charge is 2.10. The number of rotatable bonds is 6. The van der Waals surface area contributed by atoms with Crippen molar-refractivity contribution < 1.29 is 4.79 Å². The fourth-order valence-corrected chi connectivity index (χ4v) is 2.19. The second kappa shape index (κ2) is 7.04. The molecule has 0 radical (unpaired) electrons. The van der Waals surface area contributed by atoms with Crippen molar-refractivity contribution in [2.45, 2.75) is 6.42 Å². The van der Waals surface area contributed by atoms with Crippen molar-refractivity contribution in [2.24, 2.45) is 0 Å². The van der Waals surface area contributed by atoms with E-state index in [-0.39, 0.29) is 5.91 Å². The topological polar surface area (TPSA) is 57.3 Å². The first kappa shape index (κ1) is 15.3. The molecule has 112 valence electrons. The number of pyridine rings is 1. The van der Waals surface area contributed by atoms with E-state index in [1.54, 1.807) is 6.07 Å². The van der Waals surface area contributed by atoms with Crippen LogP contribution in [-0.2, 0) is 0 Å². The van der Waals surface area contributed by atoms with Gasteiger partial charge in [0.2, 0.25) is 0 Å². The predicted octanol–water partition coefficient (Wildman–Crippen LogP) is 1.96. The molecule has 0 aliphatic rings. The van der Waals surface area contributed by atoms with E-state index in [0.29, 0.717) is 12.2 Å². The fourth-order valence-electron chi connectivity index (χ4n) is 2.19. The molecule has 2 aromatic rings. The Bertz CT molecular complexity index is 625. The Morgan fingerprint density at radius 3 is 2.76 bits per heavy atom. The summed E-state index contributed by atoms with van der Waals surface area (Å²) in [5.41, 5.74) is 2.18. The van der Waals surface area contributed by atoms with Gasteiger partial charge in [-0.05, 0) is 39.2 Å². The predicted molar refractivity (Wildman–Crippen MR) is 86.8 cm³/mol. The van der Waals surface area contributed by atoms with Crippen molar-refractivity contribution in [1.29, 1.82) is 0 Å². The average molecular weight is 286 g/mol. The highest BCUT2D eigenvalue weighted by Crippen LogP contribution is 2.22. The van der Waals surface area contributed by atoms with Gasteiger partial charge >= 0.3 is 0 Å². The van der Waals surface area contributed by atoms with Gasteiger partial charge in [0.1, 0.15) is 5.69 Å². The highest BCUT2D eigenvalue weighted by molar-refractivity contribution is 5.99. The number of anilines is 1. The van der Waals surface area contributed by atoms with Crippen LogP contribution in [0.2, 0.25) is 0 Å². The summed E-state index contributed by atoms with van der Waals surface area (Å²) >= 11 is 0. The number of amides is 1. The maximum absolute atomic E-state index is 12.2. The molecule has 5 nitrogen and oxygen atoms in total. The number of fused-ring (bicyclic) bond motifs is 1. The van der Waals surface area contributed by atoms with Crippen LogP contribution in [0, 0.1) is 0 Å². The van der Waals surface area contributed by atoms with Crippen LogP contribution >= 0.6 is 0 Å². The van der Waals surface area contributed by atoms with Crippen LogP contribution in [0.5, 0.6) is 0 Å². The molecular formula is C16H22N4O. The van der Waals surface area contributed by atoms with E-state index in [1.165, 1.54) is 0 Å². The Kier molecular flexibility index (Phi) is 5.11. The summed E-state index contributed by atoms with van der Waals surface area (Å²) in [4.78, 5) is 18.7. The molecule has 0 saturated carbocycles. The summed E-state index contributed by atoms with van der Waals surface area (Å²) in [6, 6.07) is 9.59. The number of benzene rings is 1. The smallest absolute Gasteiger partial charge is 0.269 e. The molecule has 0 atom stereocenters. The maximum Gasteiger partial charge on any atom is 0.269 e. The lowest BCUT2D eigenvalue weighted by Gasteiger charge is -2.11. The van der Waals surface area contributed by atoms with Gasteiger partial charge in [-0.25, -0.2) is 4.98 Å². The monoisotopic (exact) mass is 286 g/mol. The minimum absolute atomic E-state index is 0.129. The molecule has 1 aromatic heterocycles. The second-order valence-corrected chi connectivity index (χ2v) is 5.23. The highest BCUT2D eigenvalue weighted by atomic mass is 16.1. The summed E-state index contributed by atoms with van der Waals surface area (Å²) < 4.78 is 0. The number of para-hydroxylation sites is 1. The number of carbonyl (C=O) groups excluding carboxylic acids is 1. The van der Waals surface area contributed by atoms with Crippen molar-refractivity contribution >= 4 is 22.5 Å². The number of nitrogens with one attached hydrogen (secondary N) is 2. The lowest BCUT2D eigenvalue weighted by Crippen LogP contribution is -2.27. The van der Waals surface area contributed by atoms with Crippen molar-refractivity contribution in [1.82, 2.24) is 15.2 Å².